The second-order valence-electron chi connectivity index (χ2n) is 3.25. The summed E-state index contributed by atoms with van der Waals surface area (Å²) in [7, 11) is 0. The van der Waals surface area contributed by atoms with Crippen LogP contribution in [0.25, 0.3) is 0 Å². The number of H-pyrrole nitrogens is 1. The van der Waals surface area contributed by atoms with Crippen LogP contribution in [0, 0.1) is 0 Å². The number of aromatic nitrogens is 3. The normalized spacial score (nSPS) is 10.4. The average molecular weight is 187 g/mol. The largest absolute Gasteiger partial charge is 0.346 e. The third-order valence-electron chi connectivity index (χ3n) is 2.16. The van der Waals surface area contributed by atoms with Crippen molar-refractivity contribution >= 4 is 0 Å². The monoisotopic (exact) mass is 187 g/mol. The molecule has 0 bridgehead atoms. The number of hydrogen-bond donors (Lipinski definition) is 1. The van der Waals surface area contributed by atoms with E-state index in [9.17, 15) is 0 Å². The van der Waals surface area contributed by atoms with E-state index >= 15 is 0 Å². The van der Waals surface area contributed by atoms with Crippen LogP contribution in [-0.4, -0.2) is 15.0 Å². The molecule has 2 heterocycles. The lowest BCUT2D eigenvalue weighted by molar-refractivity contribution is 0.982. The van der Waals surface area contributed by atoms with Gasteiger partial charge in [0.25, 0.3) is 0 Å². The summed E-state index contributed by atoms with van der Waals surface area (Å²) in [6.45, 7) is 2.11. The second-order valence-corrected chi connectivity index (χ2v) is 3.25. The Morgan fingerprint density at radius 1 is 1.36 bits per heavy atom. The molecule has 3 nitrogen and oxygen atoms in total. The van der Waals surface area contributed by atoms with Crippen LogP contribution in [0.3, 0.4) is 0 Å². The molecule has 2 aromatic rings. The van der Waals surface area contributed by atoms with E-state index in [-0.39, 0.29) is 0 Å². The van der Waals surface area contributed by atoms with Crippen LogP contribution in [0.15, 0.2) is 30.7 Å². The molecular formula is C11H13N3. The minimum atomic E-state index is 0.827. The van der Waals surface area contributed by atoms with Gasteiger partial charge in [-0.15, -0.1) is 0 Å². The highest BCUT2D eigenvalue weighted by atomic mass is 14.9. The van der Waals surface area contributed by atoms with Gasteiger partial charge in [-0.05, 0) is 18.1 Å². The summed E-state index contributed by atoms with van der Waals surface area (Å²) in [4.78, 5) is 11.6. The summed E-state index contributed by atoms with van der Waals surface area (Å²) in [5.41, 5.74) is 2.37. The quantitative estimate of drug-likeness (QED) is 0.798. The summed E-state index contributed by atoms with van der Waals surface area (Å²) in [5.74, 6) is 1.01. The highest BCUT2D eigenvalue weighted by Gasteiger charge is 2.00. The topological polar surface area (TPSA) is 41.6 Å². The molecular weight excluding hydrogens is 174 g/mol. The molecule has 0 fully saturated rings. The zero-order valence-electron chi connectivity index (χ0n) is 8.20. The molecule has 0 aliphatic rings. The number of imidazole rings is 1. The van der Waals surface area contributed by atoms with Crippen LogP contribution in [0.1, 0.15) is 24.0 Å². The van der Waals surface area contributed by atoms with Crippen molar-refractivity contribution in [2.75, 3.05) is 0 Å². The molecule has 72 valence electrons. The average Bonchev–Trinajstić information content (AvgIpc) is 2.67. The Balaban J connectivity index is 2.11. The Morgan fingerprint density at radius 2 is 2.29 bits per heavy atom. The van der Waals surface area contributed by atoms with Crippen LogP contribution in [0.2, 0.25) is 0 Å². The molecule has 0 aliphatic heterocycles. The first-order valence-corrected chi connectivity index (χ1v) is 4.80. The van der Waals surface area contributed by atoms with Gasteiger partial charge in [0.1, 0.15) is 5.82 Å². The van der Waals surface area contributed by atoms with Crippen LogP contribution in [-0.2, 0) is 12.8 Å². The van der Waals surface area contributed by atoms with Crippen LogP contribution in [0.5, 0.6) is 0 Å². The van der Waals surface area contributed by atoms with Gasteiger partial charge in [-0.1, -0.05) is 13.0 Å². The third kappa shape index (κ3) is 1.99. The van der Waals surface area contributed by atoms with E-state index in [0.717, 1.165) is 18.7 Å². The van der Waals surface area contributed by atoms with Gasteiger partial charge in [-0.3, -0.25) is 4.98 Å². The number of nitrogens with one attached hydrogen (secondary N) is 1. The first-order chi connectivity index (χ1) is 6.88. The molecule has 2 rings (SSSR count). The van der Waals surface area contributed by atoms with Gasteiger partial charge in [0, 0.05) is 30.7 Å². The van der Waals surface area contributed by atoms with E-state index < -0.39 is 0 Å². The van der Waals surface area contributed by atoms with Crippen molar-refractivity contribution in [3.05, 3.63) is 47.8 Å². The molecule has 0 unspecified atom stereocenters. The Hall–Kier alpha value is -1.64. The molecule has 1 N–H and O–H groups in total. The molecule has 14 heavy (non-hydrogen) atoms. The second kappa shape index (κ2) is 4.05. The van der Waals surface area contributed by atoms with Crippen molar-refractivity contribution in [2.24, 2.45) is 0 Å². The number of aromatic amines is 1. The maximum absolute atomic E-state index is 4.30. The molecule has 0 saturated carbocycles. The van der Waals surface area contributed by atoms with Crippen molar-refractivity contribution in [3.63, 3.8) is 0 Å². The smallest absolute Gasteiger partial charge is 0.110 e. The van der Waals surface area contributed by atoms with Crippen molar-refractivity contribution in [2.45, 2.75) is 19.8 Å². The predicted octanol–water partition coefficient (Wildman–Crippen LogP) is 1.96. The third-order valence-corrected chi connectivity index (χ3v) is 2.16. The summed E-state index contributed by atoms with van der Waals surface area (Å²) < 4.78 is 0. The van der Waals surface area contributed by atoms with Gasteiger partial charge in [-0.2, -0.15) is 0 Å². The molecule has 0 saturated heterocycles. The maximum atomic E-state index is 4.30. The summed E-state index contributed by atoms with van der Waals surface area (Å²) in [6, 6.07) is 4.00. The molecule has 3 heteroatoms. The van der Waals surface area contributed by atoms with Crippen LogP contribution in [0.4, 0.5) is 0 Å². The van der Waals surface area contributed by atoms with E-state index in [4.69, 9.17) is 0 Å². The molecule has 0 aromatic carbocycles. The lowest BCUT2D eigenvalue weighted by Crippen LogP contribution is -1.91. The molecule has 2 aromatic heterocycles. The maximum Gasteiger partial charge on any atom is 0.110 e. The standard InChI is InChI=1S/C11H13N3/c1-2-10-8-13-11(14-10)6-9-4-3-5-12-7-9/h3-5,7-8H,2,6H2,1H3,(H,13,14). The van der Waals surface area contributed by atoms with Gasteiger partial charge in [0.15, 0.2) is 0 Å². The molecule has 0 radical (unpaired) electrons. The van der Waals surface area contributed by atoms with Crippen molar-refractivity contribution in [1.29, 1.82) is 0 Å². The van der Waals surface area contributed by atoms with Gasteiger partial charge in [-0.25, -0.2) is 4.98 Å². The Kier molecular flexibility index (Phi) is 2.58. The number of hydrogen-bond acceptors (Lipinski definition) is 2. The lowest BCUT2D eigenvalue weighted by atomic mass is 10.2. The van der Waals surface area contributed by atoms with Gasteiger partial charge in [0.05, 0.1) is 0 Å². The van der Waals surface area contributed by atoms with E-state index in [1.165, 1.54) is 11.3 Å². The minimum Gasteiger partial charge on any atom is -0.346 e. The summed E-state index contributed by atoms with van der Waals surface area (Å²) in [5, 5.41) is 0. The predicted molar refractivity (Wildman–Crippen MR) is 55.0 cm³/mol. The minimum absolute atomic E-state index is 0.827. The van der Waals surface area contributed by atoms with Crippen molar-refractivity contribution in [3.8, 4) is 0 Å². The number of aryl methyl sites for hydroxylation is 1. The fourth-order valence-corrected chi connectivity index (χ4v) is 1.37. The lowest BCUT2D eigenvalue weighted by Gasteiger charge is -1.96. The van der Waals surface area contributed by atoms with Crippen molar-refractivity contribution < 1.29 is 0 Å². The van der Waals surface area contributed by atoms with E-state index in [1.54, 1.807) is 6.20 Å². The SMILES string of the molecule is CCc1cnc(Cc2cccnc2)[nH]1. The van der Waals surface area contributed by atoms with E-state index in [2.05, 4.69) is 27.9 Å². The highest BCUT2D eigenvalue weighted by Crippen LogP contribution is 2.05. The zero-order chi connectivity index (χ0) is 9.80. The number of pyridine rings is 1. The molecule has 0 amide bonds. The fourth-order valence-electron chi connectivity index (χ4n) is 1.37. The Labute approximate surface area is 83.2 Å². The van der Waals surface area contributed by atoms with E-state index in [1.807, 2.05) is 18.5 Å². The number of nitrogens with zero attached hydrogens (tertiary/aromatic N) is 2. The first kappa shape index (κ1) is 8.94. The van der Waals surface area contributed by atoms with Gasteiger partial charge >= 0.3 is 0 Å². The first-order valence-electron chi connectivity index (χ1n) is 4.80. The van der Waals surface area contributed by atoms with Gasteiger partial charge < -0.3 is 4.98 Å². The Morgan fingerprint density at radius 3 is 2.93 bits per heavy atom. The van der Waals surface area contributed by atoms with Crippen LogP contribution < -0.4 is 0 Å². The summed E-state index contributed by atoms with van der Waals surface area (Å²) >= 11 is 0. The van der Waals surface area contributed by atoms with E-state index in [0.29, 0.717) is 0 Å². The summed E-state index contributed by atoms with van der Waals surface area (Å²) in [6.07, 6.45) is 7.37. The Bertz CT molecular complexity index is 392. The van der Waals surface area contributed by atoms with Crippen molar-refractivity contribution in [1.82, 2.24) is 15.0 Å². The molecule has 0 spiro atoms. The zero-order valence-corrected chi connectivity index (χ0v) is 8.20. The highest BCUT2D eigenvalue weighted by molar-refractivity contribution is 5.15. The molecule has 0 aliphatic carbocycles. The fraction of sp³-hybridized carbons (Fsp3) is 0.273. The molecule has 0 atom stereocenters. The van der Waals surface area contributed by atoms with Gasteiger partial charge in [0.2, 0.25) is 0 Å². The number of rotatable bonds is 3. The van der Waals surface area contributed by atoms with Crippen LogP contribution >= 0.6 is 0 Å².